The van der Waals surface area contributed by atoms with Crippen LogP contribution in [-0.4, -0.2) is 40.3 Å². The number of hydrogen-bond donors (Lipinski definition) is 0. The molecule has 0 radical (unpaired) electrons. The number of halogens is 3. The second-order valence-electron chi connectivity index (χ2n) is 7.55. The average molecular weight is 438 g/mol. The Hall–Kier alpha value is -2.46. The molecule has 1 saturated heterocycles. The fourth-order valence-corrected chi connectivity index (χ4v) is 5.72. The van der Waals surface area contributed by atoms with Crippen LogP contribution < -0.4 is 0 Å². The zero-order valence-electron chi connectivity index (χ0n) is 16.5. The van der Waals surface area contributed by atoms with Crippen LogP contribution in [-0.2, 0) is 16.2 Å². The lowest BCUT2D eigenvalue weighted by atomic mass is 10.1. The molecule has 0 bridgehead atoms. The summed E-state index contributed by atoms with van der Waals surface area (Å²) < 4.78 is 69.4. The van der Waals surface area contributed by atoms with Crippen molar-refractivity contribution in [3.63, 3.8) is 0 Å². The largest absolute Gasteiger partial charge is 0.449 e. The highest BCUT2D eigenvalue weighted by atomic mass is 32.2. The molecule has 10 heteroatoms. The van der Waals surface area contributed by atoms with Gasteiger partial charge in [-0.25, -0.2) is 18.4 Å². The van der Waals surface area contributed by atoms with Crippen molar-refractivity contribution in [1.82, 2.24) is 18.8 Å². The Balaban J connectivity index is 1.63. The first-order valence-electron chi connectivity index (χ1n) is 9.56. The van der Waals surface area contributed by atoms with E-state index >= 15 is 0 Å². The summed E-state index contributed by atoms with van der Waals surface area (Å²) in [5.74, 6) is -0.994. The number of sulfonamides is 1. The number of rotatable bonds is 3. The molecule has 2 aromatic heterocycles. The third-order valence-electron chi connectivity index (χ3n) is 5.44. The third kappa shape index (κ3) is 3.58. The van der Waals surface area contributed by atoms with E-state index in [0.717, 1.165) is 10.1 Å². The van der Waals surface area contributed by atoms with E-state index in [4.69, 9.17) is 0 Å². The second kappa shape index (κ2) is 7.35. The van der Waals surface area contributed by atoms with Crippen LogP contribution in [0, 0.1) is 13.8 Å². The van der Waals surface area contributed by atoms with Crippen LogP contribution >= 0.6 is 0 Å². The summed E-state index contributed by atoms with van der Waals surface area (Å²) in [6.07, 6.45) is -2.70. The van der Waals surface area contributed by atoms with Gasteiger partial charge in [-0.3, -0.25) is 0 Å². The molecular formula is C20H21F3N4O2S. The van der Waals surface area contributed by atoms with Gasteiger partial charge in [-0.05, 0) is 50.5 Å². The van der Waals surface area contributed by atoms with E-state index in [0.29, 0.717) is 5.56 Å². The molecule has 3 heterocycles. The summed E-state index contributed by atoms with van der Waals surface area (Å²) >= 11 is 0. The topological polar surface area (TPSA) is 68.1 Å². The Morgan fingerprint density at radius 2 is 1.80 bits per heavy atom. The number of hydrogen-bond acceptors (Lipinski definition) is 4. The van der Waals surface area contributed by atoms with Crippen molar-refractivity contribution < 1.29 is 21.6 Å². The van der Waals surface area contributed by atoms with E-state index in [9.17, 15) is 21.6 Å². The van der Waals surface area contributed by atoms with Crippen LogP contribution in [0.15, 0.2) is 41.4 Å². The van der Waals surface area contributed by atoms with Crippen LogP contribution in [0.5, 0.6) is 0 Å². The minimum atomic E-state index is -4.62. The molecule has 0 aliphatic carbocycles. The predicted octanol–water partition coefficient (Wildman–Crippen LogP) is 4.09. The fourth-order valence-electron chi connectivity index (χ4n) is 4.04. The van der Waals surface area contributed by atoms with Crippen LogP contribution in [0.1, 0.15) is 35.8 Å². The molecule has 0 saturated carbocycles. The van der Waals surface area contributed by atoms with Crippen molar-refractivity contribution in [1.29, 1.82) is 0 Å². The first kappa shape index (κ1) is 20.8. The standard InChI is InChI=1S/C20H21F3N4O2S/c1-13-5-6-17(14(2)12-13)30(28,29)26-10-7-15(8-11-26)27-18-16(4-3-9-24-18)25-19(27)20(21,22)23/h3-6,9,12,15H,7-8,10-11H2,1-2H3. The SMILES string of the molecule is Cc1ccc(S(=O)(=O)N2CCC(n3c(C(F)(F)F)nc4cccnc43)CC2)c(C)c1. The molecule has 0 amide bonds. The van der Waals surface area contributed by atoms with Crippen LogP contribution in [0.25, 0.3) is 11.2 Å². The number of alkyl halides is 3. The molecule has 30 heavy (non-hydrogen) atoms. The van der Waals surface area contributed by atoms with Gasteiger partial charge < -0.3 is 4.57 Å². The van der Waals surface area contributed by atoms with Crippen molar-refractivity contribution in [2.75, 3.05) is 13.1 Å². The van der Waals surface area contributed by atoms with Crippen molar-refractivity contribution in [3.05, 3.63) is 53.5 Å². The Labute approximate surface area is 172 Å². The highest BCUT2D eigenvalue weighted by Gasteiger charge is 2.41. The van der Waals surface area contributed by atoms with E-state index in [-0.39, 0.29) is 42.0 Å². The third-order valence-corrected chi connectivity index (χ3v) is 7.50. The van der Waals surface area contributed by atoms with Gasteiger partial charge in [0, 0.05) is 25.3 Å². The van der Waals surface area contributed by atoms with Gasteiger partial charge in [0.15, 0.2) is 5.65 Å². The summed E-state index contributed by atoms with van der Waals surface area (Å²) in [5, 5.41) is 0. The summed E-state index contributed by atoms with van der Waals surface area (Å²) in [4.78, 5) is 8.07. The molecule has 4 rings (SSSR count). The van der Waals surface area contributed by atoms with E-state index in [2.05, 4.69) is 9.97 Å². The number of piperidine rings is 1. The molecule has 1 aromatic carbocycles. The van der Waals surface area contributed by atoms with Crippen molar-refractivity contribution in [3.8, 4) is 0 Å². The Morgan fingerprint density at radius 3 is 2.43 bits per heavy atom. The van der Waals surface area contributed by atoms with Gasteiger partial charge in [-0.1, -0.05) is 17.7 Å². The molecule has 160 valence electrons. The molecule has 3 aromatic rings. The molecule has 1 fully saturated rings. The first-order chi connectivity index (χ1) is 14.1. The van der Waals surface area contributed by atoms with E-state index in [1.54, 1.807) is 31.2 Å². The van der Waals surface area contributed by atoms with Crippen molar-refractivity contribution >= 4 is 21.2 Å². The summed E-state index contributed by atoms with van der Waals surface area (Å²) in [6.45, 7) is 3.89. The lowest BCUT2D eigenvalue weighted by molar-refractivity contribution is -0.147. The number of fused-ring (bicyclic) bond motifs is 1. The minimum absolute atomic E-state index is 0.129. The predicted molar refractivity (Wildman–Crippen MR) is 105 cm³/mol. The van der Waals surface area contributed by atoms with Gasteiger partial charge in [-0.15, -0.1) is 0 Å². The number of benzene rings is 1. The minimum Gasteiger partial charge on any atom is -0.302 e. The Kier molecular flexibility index (Phi) is 5.09. The van der Waals surface area contributed by atoms with E-state index in [1.807, 2.05) is 6.92 Å². The quantitative estimate of drug-likeness (QED) is 0.618. The number of aryl methyl sites for hydroxylation is 2. The highest BCUT2D eigenvalue weighted by molar-refractivity contribution is 7.89. The molecule has 1 aliphatic heterocycles. The lowest BCUT2D eigenvalue weighted by Gasteiger charge is -2.33. The van der Waals surface area contributed by atoms with Gasteiger partial charge in [0.05, 0.1) is 4.90 Å². The zero-order chi connectivity index (χ0) is 21.7. The fraction of sp³-hybridized carbons (Fsp3) is 0.400. The second-order valence-corrected chi connectivity index (χ2v) is 9.46. The van der Waals surface area contributed by atoms with Gasteiger partial charge in [0.2, 0.25) is 15.8 Å². The Bertz CT molecular complexity index is 1200. The summed E-state index contributed by atoms with van der Waals surface area (Å²) in [5.41, 5.74) is 1.96. The van der Waals surface area contributed by atoms with Crippen molar-refractivity contribution in [2.24, 2.45) is 0 Å². The maximum Gasteiger partial charge on any atom is 0.449 e. The molecule has 1 aliphatic rings. The average Bonchev–Trinajstić information content (AvgIpc) is 3.08. The normalized spacial score (nSPS) is 17.0. The van der Waals surface area contributed by atoms with Gasteiger partial charge >= 0.3 is 6.18 Å². The lowest BCUT2D eigenvalue weighted by Crippen LogP contribution is -2.39. The molecular weight excluding hydrogens is 417 g/mol. The molecule has 6 nitrogen and oxygen atoms in total. The van der Waals surface area contributed by atoms with Crippen LogP contribution in [0.4, 0.5) is 13.2 Å². The van der Waals surface area contributed by atoms with Gasteiger partial charge in [0.25, 0.3) is 0 Å². The maximum absolute atomic E-state index is 13.6. The molecule has 0 spiro atoms. The van der Waals surface area contributed by atoms with Crippen molar-refractivity contribution in [2.45, 2.75) is 43.8 Å². The number of imidazole rings is 1. The van der Waals surface area contributed by atoms with E-state index in [1.165, 1.54) is 16.6 Å². The summed E-state index contributed by atoms with van der Waals surface area (Å²) in [6, 6.07) is 7.63. The molecule has 0 atom stereocenters. The maximum atomic E-state index is 13.6. The first-order valence-corrected chi connectivity index (χ1v) is 11.0. The van der Waals surface area contributed by atoms with E-state index < -0.39 is 28.1 Å². The van der Waals surface area contributed by atoms with Gasteiger partial charge in [-0.2, -0.15) is 17.5 Å². The smallest absolute Gasteiger partial charge is 0.302 e. The number of aromatic nitrogens is 3. The highest BCUT2D eigenvalue weighted by Crippen LogP contribution is 2.37. The van der Waals surface area contributed by atoms with Crippen LogP contribution in [0.2, 0.25) is 0 Å². The Morgan fingerprint density at radius 1 is 1.10 bits per heavy atom. The van der Waals surface area contributed by atoms with Crippen LogP contribution in [0.3, 0.4) is 0 Å². The number of pyridine rings is 1. The number of nitrogens with zero attached hydrogens (tertiary/aromatic N) is 4. The molecule has 0 unspecified atom stereocenters. The monoisotopic (exact) mass is 438 g/mol. The molecule has 0 N–H and O–H groups in total. The van der Waals surface area contributed by atoms with Gasteiger partial charge in [0.1, 0.15) is 5.52 Å². The zero-order valence-corrected chi connectivity index (χ0v) is 17.3. The summed E-state index contributed by atoms with van der Waals surface area (Å²) in [7, 11) is -3.71.